The molecule has 8 nitrogen and oxygen atoms in total. The van der Waals surface area contributed by atoms with Crippen molar-refractivity contribution in [3.8, 4) is 17.2 Å². The van der Waals surface area contributed by atoms with Crippen LogP contribution in [0, 0.1) is 0 Å². The Morgan fingerprint density at radius 3 is 2.54 bits per heavy atom. The summed E-state index contributed by atoms with van der Waals surface area (Å²) in [6, 6.07) is 11.0. The van der Waals surface area contributed by atoms with Crippen molar-refractivity contribution in [3.05, 3.63) is 63.8 Å². The average Bonchev–Trinajstić information content (AvgIpc) is 3.28. The van der Waals surface area contributed by atoms with Gasteiger partial charge in [-0.3, -0.25) is 4.79 Å². The van der Waals surface area contributed by atoms with E-state index < -0.39 is 6.04 Å². The Hall–Kier alpha value is -3.17. The molecule has 182 valence electrons. The van der Waals surface area contributed by atoms with Crippen molar-refractivity contribution in [2.45, 2.75) is 36.2 Å². The van der Waals surface area contributed by atoms with Crippen molar-refractivity contribution in [2.75, 3.05) is 26.6 Å². The first kappa shape index (κ1) is 23.6. The van der Waals surface area contributed by atoms with Crippen molar-refractivity contribution in [1.29, 1.82) is 0 Å². The summed E-state index contributed by atoms with van der Waals surface area (Å²) in [7, 11) is 4.71. The van der Waals surface area contributed by atoms with Crippen LogP contribution in [0.2, 0.25) is 5.02 Å². The maximum absolute atomic E-state index is 13.1. The molecular weight excluding hydrogens is 488 g/mol. The van der Waals surface area contributed by atoms with Gasteiger partial charge in [0.2, 0.25) is 16.9 Å². The SMILES string of the molecule is COc1cc([C@H]2C3=C(CCCC3=O)Nc3nc(SCc4ccccc4Cl)nn32)cc(OC)c1OC. The number of nitrogens with zero attached hydrogens (tertiary/aromatic N) is 3. The van der Waals surface area contributed by atoms with E-state index in [0.29, 0.717) is 51.1 Å². The molecule has 0 fully saturated rings. The monoisotopic (exact) mass is 512 g/mol. The van der Waals surface area contributed by atoms with E-state index in [-0.39, 0.29) is 5.78 Å². The number of thioether (sulfide) groups is 1. The topological polar surface area (TPSA) is 87.5 Å². The number of ether oxygens (including phenoxy) is 3. The third-order valence-electron chi connectivity index (χ3n) is 6.17. The zero-order chi connectivity index (χ0) is 24.5. The number of benzene rings is 2. The van der Waals surface area contributed by atoms with E-state index in [1.165, 1.54) is 11.8 Å². The molecule has 0 bridgehead atoms. The van der Waals surface area contributed by atoms with Gasteiger partial charge in [-0.05, 0) is 42.2 Å². The molecule has 5 rings (SSSR count). The molecule has 1 aromatic heterocycles. The summed E-state index contributed by atoms with van der Waals surface area (Å²) in [6.45, 7) is 0. The summed E-state index contributed by atoms with van der Waals surface area (Å²) in [5, 5.41) is 9.46. The van der Waals surface area contributed by atoms with Gasteiger partial charge in [-0.25, -0.2) is 4.68 Å². The van der Waals surface area contributed by atoms with Gasteiger partial charge in [0.25, 0.3) is 0 Å². The Morgan fingerprint density at radius 1 is 1.11 bits per heavy atom. The molecule has 0 unspecified atom stereocenters. The first-order valence-electron chi connectivity index (χ1n) is 11.2. The fraction of sp³-hybridized carbons (Fsp3) is 0.320. The first-order chi connectivity index (χ1) is 17.0. The minimum atomic E-state index is -0.468. The summed E-state index contributed by atoms with van der Waals surface area (Å²) < 4.78 is 18.4. The lowest BCUT2D eigenvalue weighted by Gasteiger charge is -2.32. The number of fused-ring (bicyclic) bond motifs is 1. The Labute approximate surface area is 212 Å². The number of allylic oxidation sites excluding steroid dienone is 2. The number of nitrogens with one attached hydrogen (secondary N) is 1. The maximum atomic E-state index is 13.1. The van der Waals surface area contributed by atoms with Crippen LogP contribution >= 0.6 is 23.4 Å². The fourth-order valence-corrected chi connectivity index (χ4v) is 5.64. The molecule has 0 spiro atoms. The highest BCUT2D eigenvalue weighted by atomic mass is 35.5. The average molecular weight is 513 g/mol. The molecule has 10 heteroatoms. The van der Waals surface area contributed by atoms with Crippen molar-refractivity contribution in [1.82, 2.24) is 14.8 Å². The minimum absolute atomic E-state index is 0.101. The molecule has 1 atom stereocenters. The number of anilines is 1. The van der Waals surface area contributed by atoms with Crippen LogP contribution < -0.4 is 19.5 Å². The van der Waals surface area contributed by atoms with Crippen molar-refractivity contribution in [3.63, 3.8) is 0 Å². The molecule has 2 heterocycles. The molecule has 1 N–H and O–H groups in total. The number of carbonyl (C=O) groups excluding carboxylic acids is 1. The number of hydrogen-bond acceptors (Lipinski definition) is 8. The van der Waals surface area contributed by atoms with Gasteiger partial charge in [0.05, 0.1) is 21.3 Å². The molecule has 2 aromatic carbocycles. The molecule has 35 heavy (non-hydrogen) atoms. The Morgan fingerprint density at radius 2 is 1.86 bits per heavy atom. The number of carbonyl (C=O) groups is 1. The lowest BCUT2D eigenvalue weighted by atomic mass is 9.85. The second kappa shape index (κ2) is 9.83. The van der Waals surface area contributed by atoms with Gasteiger partial charge >= 0.3 is 0 Å². The molecule has 0 amide bonds. The number of methoxy groups -OCH3 is 3. The highest BCUT2D eigenvalue weighted by molar-refractivity contribution is 7.98. The molecule has 3 aromatic rings. The Balaban J connectivity index is 1.58. The maximum Gasteiger partial charge on any atom is 0.227 e. The molecule has 0 radical (unpaired) electrons. The van der Waals surface area contributed by atoms with Crippen molar-refractivity contribution < 1.29 is 19.0 Å². The molecule has 2 aliphatic rings. The number of hydrogen-bond donors (Lipinski definition) is 1. The van der Waals surface area contributed by atoms with Crippen LogP contribution in [0.3, 0.4) is 0 Å². The van der Waals surface area contributed by atoms with Crippen LogP contribution in [0.4, 0.5) is 5.95 Å². The quantitative estimate of drug-likeness (QED) is 0.428. The standard InChI is InChI=1S/C25H25ClN4O4S/c1-32-19-11-15(12-20(33-2)23(19)34-3)22-21-17(9-6-10-18(21)31)27-24-28-25(29-30(22)24)35-13-14-7-4-5-8-16(14)26/h4-5,7-8,11-12,22H,6,9-10,13H2,1-3H3,(H,27,28,29)/t22-/m0/s1. The number of ketones is 1. The summed E-state index contributed by atoms with van der Waals surface area (Å²) >= 11 is 7.82. The van der Waals surface area contributed by atoms with Crippen LogP contribution in [-0.4, -0.2) is 41.9 Å². The van der Waals surface area contributed by atoms with Crippen LogP contribution in [-0.2, 0) is 10.5 Å². The van der Waals surface area contributed by atoms with E-state index >= 15 is 0 Å². The number of Topliss-reactive ketones (excluding diaryl/α,β-unsaturated/α-hetero) is 1. The van der Waals surface area contributed by atoms with E-state index in [9.17, 15) is 4.79 Å². The zero-order valence-corrected chi connectivity index (χ0v) is 21.2. The van der Waals surface area contributed by atoms with Crippen LogP contribution in [0.5, 0.6) is 17.2 Å². The molecule has 1 aliphatic carbocycles. The normalized spacial score (nSPS) is 16.9. The summed E-state index contributed by atoms with van der Waals surface area (Å²) in [5.74, 6) is 2.85. The second-order valence-electron chi connectivity index (χ2n) is 8.20. The van der Waals surface area contributed by atoms with E-state index in [0.717, 1.165) is 29.7 Å². The van der Waals surface area contributed by atoms with Gasteiger partial charge in [-0.15, -0.1) is 5.10 Å². The number of aromatic nitrogens is 3. The van der Waals surface area contributed by atoms with Crippen LogP contribution in [0.15, 0.2) is 52.8 Å². The summed E-state index contributed by atoms with van der Waals surface area (Å²) in [6.07, 6.45) is 2.07. The third-order valence-corrected chi connectivity index (χ3v) is 7.42. The van der Waals surface area contributed by atoms with Gasteiger partial charge in [0.15, 0.2) is 17.3 Å². The summed E-state index contributed by atoms with van der Waals surface area (Å²) in [5.41, 5.74) is 3.40. The highest BCUT2D eigenvalue weighted by Crippen LogP contribution is 2.46. The third kappa shape index (κ3) is 4.34. The smallest absolute Gasteiger partial charge is 0.227 e. The van der Waals surface area contributed by atoms with Crippen LogP contribution in [0.25, 0.3) is 0 Å². The van der Waals surface area contributed by atoms with Gasteiger partial charge in [-0.2, -0.15) is 4.98 Å². The number of halogens is 1. The van der Waals surface area contributed by atoms with Crippen molar-refractivity contribution in [2.24, 2.45) is 0 Å². The van der Waals surface area contributed by atoms with E-state index in [1.54, 1.807) is 26.0 Å². The molecule has 0 saturated carbocycles. The van der Waals surface area contributed by atoms with Crippen LogP contribution in [0.1, 0.15) is 36.4 Å². The van der Waals surface area contributed by atoms with E-state index in [4.69, 9.17) is 35.9 Å². The molecule has 1 aliphatic heterocycles. The zero-order valence-electron chi connectivity index (χ0n) is 19.6. The second-order valence-corrected chi connectivity index (χ2v) is 9.55. The molecular formula is C25H25ClN4O4S. The summed E-state index contributed by atoms with van der Waals surface area (Å²) in [4.78, 5) is 17.9. The first-order valence-corrected chi connectivity index (χ1v) is 12.6. The fourth-order valence-electron chi connectivity index (χ4n) is 4.52. The van der Waals surface area contributed by atoms with E-state index in [2.05, 4.69) is 5.32 Å². The predicted molar refractivity (Wildman–Crippen MR) is 135 cm³/mol. The van der Waals surface area contributed by atoms with Gasteiger partial charge in [0.1, 0.15) is 6.04 Å². The van der Waals surface area contributed by atoms with Gasteiger partial charge < -0.3 is 19.5 Å². The number of rotatable bonds is 7. The lowest BCUT2D eigenvalue weighted by molar-refractivity contribution is -0.116. The largest absolute Gasteiger partial charge is 0.493 e. The van der Waals surface area contributed by atoms with Crippen molar-refractivity contribution >= 4 is 35.1 Å². The Kier molecular flexibility index (Phi) is 6.62. The van der Waals surface area contributed by atoms with Gasteiger partial charge in [-0.1, -0.05) is 41.6 Å². The van der Waals surface area contributed by atoms with Gasteiger partial charge in [0, 0.05) is 28.5 Å². The molecule has 0 saturated heterocycles. The minimum Gasteiger partial charge on any atom is -0.493 e. The highest BCUT2D eigenvalue weighted by Gasteiger charge is 2.37. The van der Waals surface area contributed by atoms with E-state index in [1.807, 2.05) is 36.4 Å². The Bertz CT molecular complexity index is 1300. The lowest BCUT2D eigenvalue weighted by Crippen LogP contribution is -2.31. The predicted octanol–water partition coefficient (Wildman–Crippen LogP) is 5.27.